The van der Waals surface area contributed by atoms with Gasteiger partial charge in [0.1, 0.15) is 5.82 Å². The van der Waals surface area contributed by atoms with Gasteiger partial charge in [-0.05, 0) is 63.4 Å². The van der Waals surface area contributed by atoms with E-state index in [2.05, 4.69) is 36.1 Å². The number of guanidine groups is 1. The van der Waals surface area contributed by atoms with E-state index in [9.17, 15) is 4.39 Å². The van der Waals surface area contributed by atoms with Crippen LogP contribution in [0.3, 0.4) is 0 Å². The van der Waals surface area contributed by atoms with E-state index < -0.39 is 0 Å². The summed E-state index contributed by atoms with van der Waals surface area (Å²) in [4.78, 5) is 9.52. The van der Waals surface area contributed by atoms with Crippen molar-refractivity contribution in [3.63, 3.8) is 0 Å². The van der Waals surface area contributed by atoms with Gasteiger partial charge >= 0.3 is 0 Å². The van der Waals surface area contributed by atoms with Crippen LogP contribution in [-0.2, 0) is 0 Å². The van der Waals surface area contributed by atoms with E-state index in [0.717, 1.165) is 31.2 Å². The molecule has 1 aromatic carbocycles. The number of likely N-dealkylation sites (tertiary alicyclic amines) is 1. The molecule has 146 valence electrons. The molecule has 1 aliphatic heterocycles. The van der Waals surface area contributed by atoms with Gasteiger partial charge in [0, 0.05) is 19.6 Å². The lowest BCUT2D eigenvalue weighted by Crippen LogP contribution is -2.43. The predicted molar refractivity (Wildman–Crippen MR) is 117 cm³/mol. The van der Waals surface area contributed by atoms with E-state index in [1.807, 2.05) is 12.1 Å². The summed E-state index contributed by atoms with van der Waals surface area (Å²) in [5, 5.41) is 3.46. The highest BCUT2D eigenvalue weighted by atomic mass is 127. The van der Waals surface area contributed by atoms with E-state index in [1.54, 1.807) is 0 Å². The van der Waals surface area contributed by atoms with Crippen LogP contribution in [-0.4, -0.2) is 56.0 Å². The van der Waals surface area contributed by atoms with Crippen LogP contribution >= 0.6 is 24.0 Å². The van der Waals surface area contributed by atoms with Crippen LogP contribution in [0, 0.1) is 11.2 Å². The number of halogens is 2. The second kappa shape index (κ2) is 9.35. The number of hydrogen-bond acceptors (Lipinski definition) is 2. The Hall–Kier alpha value is -0.890. The highest BCUT2D eigenvalue weighted by Gasteiger charge is 2.43. The Balaban J connectivity index is 0.00000243. The van der Waals surface area contributed by atoms with Crippen molar-refractivity contribution in [1.29, 1.82) is 0 Å². The van der Waals surface area contributed by atoms with Crippen molar-refractivity contribution in [1.82, 2.24) is 15.1 Å². The first-order valence-electron chi connectivity index (χ1n) is 9.48. The van der Waals surface area contributed by atoms with Crippen molar-refractivity contribution >= 4 is 29.9 Å². The minimum atomic E-state index is -0.194. The highest BCUT2D eigenvalue weighted by Crippen LogP contribution is 2.47. The molecule has 2 aliphatic rings. The summed E-state index contributed by atoms with van der Waals surface area (Å²) >= 11 is 0. The molecule has 0 radical (unpaired) electrons. The van der Waals surface area contributed by atoms with Crippen LogP contribution in [0.5, 0.6) is 0 Å². The monoisotopic (exact) mass is 474 g/mol. The van der Waals surface area contributed by atoms with Crippen LogP contribution in [0.4, 0.5) is 4.39 Å². The molecule has 4 nitrogen and oxygen atoms in total. The fraction of sp³-hybridized carbons (Fsp3) is 0.650. The first kappa shape index (κ1) is 21.4. The van der Waals surface area contributed by atoms with Gasteiger partial charge in [-0.3, -0.25) is 4.99 Å². The van der Waals surface area contributed by atoms with Crippen molar-refractivity contribution in [2.24, 2.45) is 10.4 Å². The number of rotatable bonds is 5. The SMILES string of the molecule is CCNC(=NCC(c1ccc(F)cc1)N(C)C)N1CCC2(CCC2)C1.I. The molecule has 1 unspecified atom stereocenters. The highest BCUT2D eigenvalue weighted by molar-refractivity contribution is 14.0. The smallest absolute Gasteiger partial charge is 0.194 e. The molecule has 26 heavy (non-hydrogen) atoms. The third-order valence-corrected chi connectivity index (χ3v) is 5.78. The normalized spacial score (nSPS) is 20.0. The summed E-state index contributed by atoms with van der Waals surface area (Å²) in [7, 11) is 4.10. The molecule has 0 aromatic heterocycles. The zero-order valence-corrected chi connectivity index (χ0v) is 18.5. The maximum atomic E-state index is 13.2. The lowest BCUT2D eigenvalue weighted by atomic mass is 9.68. The summed E-state index contributed by atoms with van der Waals surface area (Å²) in [5.41, 5.74) is 1.66. The Morgan fingerprint density at radius 1 is 1.27 bits per heavy atom. The molecule has 1 aliphatic carbocycles. The second-order valence-electron chi connectivity index (χ2n) is 7.75. The molecule has 3 rings (SSSR count). The maximum absolute atomic E-state index is 13.2. The second-order valence-corrected chi connectivity index (χ2v) is 7.75. The van der Waals surface area contributed by atoms with Crippen molar-refractivity contribution in [3.8, 4) is 0 Å². The number of hydrogen-bond donors (Lipinski definition) is 1. The van der Waals surface area contributed by atoms with Crippen LogP contribution in [0.25, 0.3) is 0 Å². The first-order valence-corrected chi connectivity index (χ1v) is 9.48. The standard InChI is InChI=1S/C20H31FN4.HI/c1-4-22-19(25-13-12-20(15-25)10-5-11-20)23-14-18(24(2)3)16-6-8-17(21)9-7-16;/h6-9,18H,4-5,10-15H2,1-3H3,(H,22,23);1H. The van der Waals surface area contributed by atoms with Gasteiger partial charge < -0.3 is 15.1 Å². The Morgan fingerprint density at radius 2 is 1.96 bits per heavy atom. The van der Waals surface area contributed by atoms with Crippen LogP contribution in [0.1, 0.15) is 44.2 Å². The van der Waals surface area contributed by atoms with Gasteiger partial charge in [0.25, 0.3) is 0 Å². The van der Waals surface area contributed by atoms with E-state index in [4.69, 9.17) is 4.99 Å². The number of likely N-dealkylation sites (N-methyl/N-ethyl adjacent to an activating group) is 1. The molecule has 1 heterocycles. The Kier molecular flexibility index (Phi) is 7.70. The zero-order valence-electron chi connectivity index (χ0n) is 16.2. The predicted octanol–water partition coefficient (Wildman–Crippen LogP) is 3.89. The number of benzene rings is 1. The van der Waals surface area contributed by atoms with Gasteiger partial charge in [-0.15, -0.1) is 24.0 Å². The van der Waals surface area contributed by atoms with E-state index in [0.29, 0.717) is 12.0 Å². The molecule has 1 saturated carbocycles. The summed E-state index contributed by atoms with van der Waals surface area (Å²) in [6.45, 7) is 5.92. The van der Waals surface area contributed by atoms with Gasteiger partial charge in [0.05, 0.1) is 12.6 Å². The van der Waals surface area contributed by atoms with Crippen molar-refractivity contribution in [2.45, 2.75) is 38.6 Å². The topological polar surface area (TPSA) is 30.9 Å². The zero-order chi connectivity index (χ0) is 17.9. The average molecular weight is 474 g/mol. The van der Waals surface area contributed by atoms with E-state index in [1.165, 1.54) is 37.8 Å². The van der Waals surface area contributed by atoms with Crippen molar-refractivity contribution < 1.29 is 4.39 Å². The first-order chi connectivity index (χ1) is 12.0. The summed E-state index contributed by atoms with van der Waals surface area (Å²) in [6.07, 6.45) is 5.43. The molecular formula is C20H32FIN4. The lowest BCUT2D eigenvalue weighted by molar-refractivity contribution is 0.151. The Bertz CT molecular complexity index is 598. The maximum Gasteiger partial charge on any atom is 0.194 e. The fourth-order valence-corrected chi connectivity index (χ4v) is 4.05. The van der Waals surface area contributed by atoms with Gasteiger partial charge in [-0.2, -0.15) is 0 Å². The molecule has 1 spiro atoms. The molecule has 1 aromatic rings. The van der Waals surface area contributed by atoms with Crippen molar-refractivity contribution in [3.05, 3.63) is 35.6 Å². The number of nitrogens with one attached hydrogen (secondary N) is 1. The number of aliphatic imine (C=N–C) groups is 1. The van der Waals surface area contributed by atoms with Crippen molar-refractivity contribution in [2.75, 3.05) is 40.3 Å². The lowest BCUT2D eigenvalue weighted by Gasteiger charge is -2.38. The fourth-order valence-electron chi connectivity index (χ4n) is 4.05. The summed E-state index contributed by atoms with van der Waals surface area (Å²) < 4.78 is 13.2. The minimum absolute atomic E-state index is 0. The van der Waals surface area contributed by atoms with E-state index in [-0.39, 0.29) is 35.8 Å². The molecule has 1 saturated heterocycles. The largest absolute Gasteiger partial charge is 0.357 e. The van der Waals surface area contributed by atoms with Crippen LogP contribution in [0.15, 0.2) is 29.3 Å². The quantitative estimate of drug-likeness (QED) is 0.399. The molecule has 2 fully saturated rings. The third-order valence-electron chi connectivity index (χ3n) is 5.78. The van der Waals surface area contributed by atoms with Crippen LogP contribution in [0.2, 0.25) is 0 Å². The Morgan fingerprint density at radius 3 is 2.46 bits per heavy atom. The molecular weight excluding hydrogens is 442 g/mol. The molecule has 6 heteroatoms. The van der Waals surface area contributed by atoms with Gasteiger partial charge in [-0.1, -0.05) is 18.6 Å². The Labute approximate surface area is 174 Å². The van der Waals surface area contributed by atoms with Crippen LogP contribution < -0.4 is 5.32 Å². The average Bonchev–Trinajstić information content (AvgIpc) is 3.01. The van der Waals surface area contributed by atoms with Gasteiger partial charge in [0.2, 0.25) is 0 Å². The molecule has 0 amide bonds. The summed E-state index contributed by atoms with van der Waals surface area (Å²) in [5.74, 6) is 0.834. The van der Waals surface area contributed by atoms with E-state index >= 15 is 0 Å². The number of nitrogens with zero attached hydrogens (tertiary/aromatic N) is 3. The minimum Gasteiger partial charge on any atom is -0.357 e. The molecule has 1 N–H and O–H groups in total. The molecule has 1 atom stereocenters. The van der Waals surface area contributed by atoms with Gasteiger partial charge in [0.15, 0.2) is 5.96 Å². The summed E-state index contributed by atoms with van der Waals surface area (Å²) in [6, 6.07) is 6.93. The molecule has 0 bridgehead atoms. The third kappa shape index (κ3) is 4.88. The van der Waals surface area contributed by atoms with Gasteiger partial charge in [-0.25, -0.2) is 4.39 Å².